The summed E-state index contributed by atoms with van der Waals surface area (Å²) >= 11 is 6.06. The lowest BCUT2D eigenvalue weighted by Crippen LogP contribution is -2.34. The maximum atomic E-state index is 12.2. The molecule has 2 rings (SSSR count). The first-order chi connectivity index (χ1) is 9.18. The predicted octanol–water partition coefficient (Wildman–Crippen LogP) is 4.18. The van der Waals surface area contributed by atoms with Crippen molar-refractivity contribution in [3.63, 3.8) is 0 Å². The van der Waals surface area contributed by atoms with Crippen molar-refractivity contribution in [1.82, 2.24) is 4.90 Å². The third-order valence-corrected chi connectivity index (χ3v) is 4.32. The minimum Gasteiger partial charge on any atom is -0.300 e. The molecule has 1 aliphatic heterocycles. The van der Waals surface area contributed by atoms with Gasteiger partial charge in [0.25, 0.3) is 0 Å². The lowest BCUT2D eigenvalue weighted by atomic mass is 10.1. The highest BCUT2D eigenvalue weighted by molar-refractivity contribution is 6.33. The SMILES string of the molecule is CC1CCCCCN1CCC(=O)c1ccccc1Cl. The molecule has 1 fully saturated rings. The molecule has 1 aromatic rings. The van der Waals surface area contributed by atoms with E-state index in [1.54, 1.807) is 6.07 Å². The van der Waals surface area contributed by atoms with E-state index in [2.05, 4.69) is 11.8 Å². The van der Waals surface area contributed by atoms with Gasteiger partial charge in [-0.15, -0.1) is 0 Å². The largest absolute Gasteiger partial charge is 0.300 e. The quantitative estimate of drug-likeness (QED) is 0.771. The van der Waals surface area contributed by atoms with Crippen LogP contribution in [0.3, 0.4) is 0 Å². The molecule has 1 saturated heterocycles. The van der Waals surface area contributed by atoms with Gasteiger partial charge in [0.1, 0.15) is 0 Å². The third-order valence-electron chi connectivity index (χ3n) is 3.99. The summed E-state index contributed by atoms with van der Waals surface area (Å²) in [4.78, 5) is 14.6. The summed E-state index contributed by atoms with van der Waals surface area (Å²) in [7, 11) is 0. The molecule has 1 heterocycles. The summed E-state index contributed by atoms with van der Waals surface area (Å²) in [5, 5.41) is 0.566. The predicted molar refractivity (Wildman–Crippen MR) is 79.9 cm³/mol. The number of ketones is 1. The van der Waals surface area contributed by atoms with E-state index in [9.17, 15) is 4.79 Å². The molecule has 0 N–H and O–H groups in total. The molecule has 1 aromatic carbocycles. The van der Waals surface area contributed by atoms with Crippen molar-refractivity contribution >= 4 is 17.4 Å². The van der Waals surface area contributed by atoms with Crippen LogP contribution in [0.25, 0.3) is 0 Å². The molecule has 0 amide bonds. The fourth-order valence-electron chi connectivity index (χ4n) is 2.73. The molecule has 0 spiro atoms. The fraction of sp³-hybridized carbons (Fsp3) is 0.562. The Kier molecular flexibility index (Phi) is 5.41. The van der Waals surface area contributed by atoms with E-state index >= 15 is 0 Å². The second-order valence-electron chi connectivity index (χ2n) is 5.39. The van der Waals surface area contributed by atoms with E-state index in [0.717, 1.165) is 13.1 Å². The van der Waals surface area contributed by atoms with Crippen LogP contribution in [-0.4, -0.2) is 29.8 Å². The van der Waals surface area contributed by atoms with Gasteiger partial charge >= 0.3 is 0 Å². The molecule has 19 heavy (non-hydrogen) atoms. The normalized spacial score (nSPS) is 21.1. The van der Waals surface area contributed by atoms with Crippen LogP contribution in [-0.2, 0) is 0 Å². The summed E-state index contributed by atoms with van der Waals surface area (Å²) in [6.07, 6.45) is 5.70. The van der Waals surface area contributed by atoms with Crippen molar-refractivity contribution in [2.75, 3.05) is 13.1 Å². The Morgan fingerprint density at radius 1 is 1.32 bits per heavy atom. The monoisotopic (exact) mass is 279 g/mol. The molecule has 1 unspecified atom stereocenters. The Labute approximate surface area is 120 Å². The van der Waals surface area contributed by atoms with Crippen LogP contribution in [0.1, 0.15) is 49.4 Å². The number of rotatable bonds is 4. The summed E-state index contributed by atoms with van der Waals surface area (Å²) < 4.78 is 0. The molecule has 1 aliphatic rings. The van der Waals surface area contributed by atoms with Gasteiger partial charge in [0.15, 0.2) is 5.78 Å². The first-order valence-corrected chi connectivity index (χ1v) is 7.58. The number of carbonyl (C=O) groups is 1. The molecule has 0 saturated carbocycles. The van der Waals surface area contributed by atoms with Crippen LogP contribution in [0.15, 0.2) is 24.3 Å². The first-order valence-electron chi connectivity index (χ1n) is 7.20. The van der Waals surface area contributed by atoms with Gasteiger partial charge in [-0.25, -0.2) is 0 Å². The first kappa shape index (κ1) is 14.5. The second kappa shape index (κ2) is 7.06. The minimum absolute atomic E-state index is 0.155. The Hall–Kier alpha value is -0.860. The van der Waals surface area contributed by atoms with Gasteiger partial charge in [-0.05, 0) is 38.4 Å². The van der Waals surface area contributed by atoms with Crippen molar-refractivity contribution in [3.8, 4) is 0 Å². The topological polar surface area (TPSA) is 20.3 Å². The maximum Gasteiger partial charge on any atom is 0.165 e. The van der Waals surface area contributed by atoms with Gasteiger partial charge < -0.3 is 4.90 Å². The van der Waals surface area contributed by atoms with Gasteiger partial charge in [-0.1, -0.05) is 36.6 Å². The minimum atomic E-state index is 0.155. The number of likely N-dealkylation sites (tertiary alicyclic amines) is 1. The molecule has 0 aromatic heterocycles. The van der Waals surface area contributed by atoms with Crippen molar-refractivity contribution in [2.45, 2.75) is 45.1 Å². The average molecular weight is 280 g/mol. The summed E-state index contributed by atoms with van der Waals surface area (Å²) in [6, 6.07) is 7.92. The zero-order valence-electron chi connectivity index (χ0n) is 11.6. The number of carbonyl (C=O) groups excluding carboxylic acids is 1. The number of nitrogens with zero attached hydrogens (tertiary/aromatic N) is 1. The van der Waals surface area contributed by atoms with E-state index in [4.69, 9.17) is 11.6 Å². The molecule has 1 atom stereocenters. The highest BCUT2D eigenvalue weighted by Gasteiger charge is 2.18. The number of hydrogen-bond donors (Lipinski definition) is 0. The number of Topliss-reactive ketones (excluding diaryl/α,β-unsaturated/α-hetero) is 1. The second-order valence-corrected chi connectivity index (χ2v) is 5.79. The molecular formula is C16H22ClNO. The lowest BCUT2D eigenvalue weighted by molar-refractivity contribution is 0.0954. The summed E-state index contributed by atoms with van der Waals surface area (Å²) in [6.45, 7) is 4.24. The van der Waals surface area contributed by atoms with Crippen molar-refractivity contribution in [2.24, 2.45) is 0 Å². The number of hydrogen-bond acceptors (Lipinski definition) is 2. The molecule has 3 heteroatoms. The zero-order chi connectivity index (χ0) is 13.7. The Balaban J connectivity index is 1.91. The Morgan fingerprint density at radius 2 is 2.11 bits per heavy atom. The van der Waals surface area contributed by atoms with E-state index in [0.29, 0.717) is 23.0 Å². The van der Waals surface area contributed by atoms with Crippen LogP contribution in [0.5, 0.6) is 0 Å². The highest BCUT2D eigenvalue weighted by Crippen LogP contribution is 2.19. The van der Waals surface area contributed by atoms with Crippen LogP contribution in [0.4, 0.5) is 0 Å². The van der Waals surface area contributed by atoms with Crippen LogP contribution in [0, 0.1) is 0 Å². The Morgan fingerprint density at radius 3 is 2.89 bits per heavy atom. The lowest BCUT2D eigenvalue weighted by Gasteiger charge is -2.26. The number of benzene rings is 1. The Bertz CT molecular complexity index is 433. The molecule has 0 bridgehead atoms. The van der Waals surface area contributed by atoms with E-state index in [1.807, 2.05) is 18.2 Å². The third kappa shape index (κ3) is 4.05. The van der Waals surface area contributed by atoms with Crippen LogP contribution < -0.4 is 0 Å². The standard InChI is InChI=1S/C16H22ClNO/c1-13-7-3-2-6-11-18(13)12-10-16(19)14-8-4-5-9-15(14)17/h4-5,8-9,13H,2-3,6-7,10-12H2,1H3. The van der Waals surface area contributed by atoms with Crippen molar-refractivity contribution in [1.29, 1.82) is 0 Å². The van der Waals surface area contributed by atoms with E-state index in [1.165, 1.54) is 25.7 Å². The number of halogens is 1. The van der Waals surface area contributed by atoms with Gasteiger partial charge in [-0.3, -0.25) is 4.79 Å². The van der Waals surface area contributed by atoms with Gasteiger partial charge in [0, 0.05) is 24.6 Å². The zero-order valence-corrected chi connectivity index (χ0v) is 12.3. The molecule has 104 valence electrons. The van der Waals surface area contributed by atoms with Gasteiger partial charge in [-0.2, -0.15) is 0 Å². The molecular weight excluding hydrogens is 258 g/mol. The molecule has 2 nitrogen and oxygen atoms in total. The van der Waals surface area contributed by atoms with Crippen LogP contribution >= 0.6 is 11.6 Å². The van der Waals surface area contributed by atoms with Gasteiger partial charge in [0.2, 0.25) is 0 Å². The average Bonchev–Trinajstić information content (AvgIpc) is 2.61. The fourth-order valence-corrected chi connectivity index (χ4v) is 2.97. The summed E-state index contributed by atoms with van der Waals surface area (Å²) in [5.74, 6) is 0.155. The summed E-state index contributed by atoms with van der Waals surface area (Å²) in [5.41, 5.74) is 0.659. The molecule has 0 radical (unpaired) electrons. The maximum absolute atomic E-state index is 12.2. The smallest absolute Gasteiger partial charge is 0.165 e. The highest BCUT2D eigenvalue weighted by atomic mass is 35.5. The molecule has 0 aliphatic carbocycles. The van der Waals surface area contributed by atoms with E-state index in [-0.39, 0.29) is 5.78 Å². The van der Waals surface area contributed by atoms with Gasteiger partial charge in [0.05, 0.1) is 5.02 Å². The van der Waals surface area contributed by atoms with E-state index < -0.39 is 0 Å². The van der Waals surface area contributed by atoms with Crippen molar-refractivity contribution < 1.29 is 4.79 Å². The van der Waals surface area contributed by atoms with Crippen molar-refractivity contribution in [3.05, 3.63) is 34.9 Å². The van der Waals surface area contributed by atoms with Crippen LogP contribution in [0.2, 0.25) is 5.02 Å².